The Kier molecular flexibility index (Phi) is 10.5. The van der Waals surface area contributed by atoms with Crippen molar-refractivity contribution in [1.29, 1.82) is 5.26 Å². The normalized spacial score (nSPS) is 11.9. The lowest BCUT2D eigenvalue weighted by Crippen LogP contribution is -2.13. The minimum atomic E-state index is -0.564. The fraction of sp³-hybridized carbons (Fsp3) is 0.333. The van der Waals surface area contributed by atoms with Crippen LogP contribution in [0.3, 0.4) is 0 Å². The van der Waals surface area contributed by atoms with Crippen LogP contribution in [0.1, 0.15) is 49.2 Å². The highest BCUT2D eigenvalue weighted by Gasteiger charge is 2.15. The average Bonchev–Trinajstić information content (AvgIpc) is 3.37. The van der Waals surface area contributed by atoms with Crippen LogP contribution in [0, 0.1) is 11.3 Å². The topological polar surface area (TPSA) is 106 Å². The van der Waals surface area contributed by atoms with Gasteiger partial charge in [-0.2, -0.15) is 5.26 Å². The zero-order valence-corrected chi connectivity index (χ0v) is 23.6. The van der Waals surface area contributed by atoms with E-state index >= 15 is 0 Å². The molecule has 3 aromatic rings. The Balaban J connectivity index is 1.63. The number of amides is 1. The van der Waals surface area contributed by atoms with Crippen LogP contribution < -0.4 is 19.5 Å². The molecule has 1 amide bonds. The fourth-order valence-corrected chi connectivity index (χ4v) is 4.57. The van der Waals surface area contributed by atoms with Crippen molar-refractivity contribution < 1.29 is 19.0 Å². The number of nitrogens with zero attached hydrogens (tertiary/aromatic N) is 3. The van der Waals surface area contributed by atoms with E-state index in [1.165, 1.54) is 30.1 Å². The van der Waals surface area contributed by atoms with Gasteiger partial charge < -0.3 is 14.2 Å². The lowest BCUT2D eigenvalue weighted by atomic mass is 9.99. The van der Waals surface area contributed by atoms with Crippen molar-refractivity contribution >= 4 is 44.4 Å². The van der Waals surface area contributed by atoms with Gasteiger partial charge in [0.15, 0.2) is 11.5 Å². The van der Waals surface area contributed by atoms with Crippen LogP contribution in [-0.2, 0) is 11.2 Å². The van der Waals surface area contributed by atoms with Crippen molar-refractivity contribution in [2.75, 3.05) is 25.6 Å². The van der Waals surface area contributed by atoms with Crippen LogP contribution >= 0.6 is 27.3 Å². The number of methoxy groups -OCH3 is 1. The number of hydrogen-bond donors (Lipinski definition) is 1. The number of halogens is 1. The first kappa shape index (κ1) is 28.2. The summed E-state index contributed by atoms with van der Waals surface area (Å²) in [4.78, 5) is 12.6. The molecule has 10 heteroatoms. The molecule has 0 bridgehead atoms. The quantitative estimate of drug-likeness (QED) is 0.149. The van der Waals surface area contributed by atoms with Gasteiger partial charge in [-0.25, -0.2) is 0 Å². The van der Waals surface area contributed by atoms with Crippen LogP contribution in [-0.4, -0.2) is 36.4 Å². The molecule has 1 heterocycles. The second kappa shape index (κ2) is 13.8. The highest BCUT2D eigenvalue weighted by Crippen LogP contribution is 2.37. The molecule has 0 aliphatic rings. The monoisotopic (exact) mass is 584 g/mol. The van der Waals surface area contributed by atoms with Gasteiger partial charge in [-0.3, -0.25) is 10.1 Å². The van der Waals surface area contributed by atoms with E-state index in [0.29, 0.717) is 52.2 Å². The molecule has 1 N–H and O–H groups in total. The number of nitrogens with one attached hydrogen (secondary N) is 1. The summed E-state index contributed by atoms with van der Waals surface area (Å²) in [5.41, 5.74) is 1.80. The van der Waals surface area contributed by atoms with Crippen LogP contribution in [0.5, 0.6) is 17.2 Å². The number of benzene rings is 2. The van der Waals surface area contributed by atoms with Gasteiger partial charge in [0, 0.05) is 0 Å². The number of rotatable bonds is 12. The lowest BCUT2D eigenvalue weighted by Gasteiger charge is -2.14. The van der Waals surface area contributed by atoms with E-state index in [4.69, 9.17) is 14.2 Å². The Morgan fingerprint density at radius 3 is 2.54 bits per heavy atom. The molecule has 1 atom stereocenters. The molecule has 2 aromatic carbocycles. The largest absolute Gasteiger partial charge is 0.493 e. The molecule has 0 aliphatic heterocycles. The molecule has 0 saturated carbocycles. The van der Waals surface area contributed by atoms with Crippen LogP contribution in [0.4, 0.5) is 5.13 Å². The molecule has 0 radical (unpaired) electrons. The Morgan fingerprint density at radius 1 is 1.19 bits per heavy atom. The molecular formula is C27H29BrN4O4S. The number of anilines is 1. The maximum atomic E-state index is 12.6. The summed E-state index contributed by atoms with van der Waals surface area (Å²) in [6, 6.07) is 13.5. The molecule has 37 heavy (non-hydrogen) atoms. The van der Waals surface area contributed by atoms with Gasteiger partial charge in [-0.15, -0.1) is 10.2 Å². The standard InChI is InChI=1S/C27H29BrN4O4S/c1-5-17(3)19-7-9-21(10-8-19)35-11-12-36-25-22(28)14-18(15-23(25)34-4)13-20(16-29)26(33)30-27-32-31-24(6-2)37-27/h7-10,13-15,17H,5-6,11-12H2,1-4H3,(H,30,32,33). The van der Waals surface area contributed by atoms with E-state index in [0.717, 1.165) is 17.2 Å². The Labute approximate surface area is 229 Å². The smallest absolute Gasteiger partial charge is 0.268 e. The zero-order valence-electron chi connectivity index (χ0n) is 21.2. The van der Waals surface area contributed by atoms with E-state index in [-0.39, 0.29) is 5.57 Å². The molecule has 0 aliphatic carbocycles. The molecule has 3 rings (SSSR count). The van der Waals surface area contributed by atoms with Crippen molar-refractivity contribution in [1.82, 2.24) is 10.2 Å². The third kappa shape index (κ3) is 7.78. The average molecular weight is 586 g/mol. The maximum absolute atomic E-state index is 12.6. The molecule has 1 unspecified atom stereocenters. The van der Waals surface area contributed by atoms with Crippen LogP contribution in [0.2, 0.25) is 0 Å². The summed E-state index contributed by atoms with van der Waals surface area (Å²) >= 11 is 4.77. The lowest BCUT2D eigenvalue weighted by molar-refractivity contribution is -0.112. The minimum absolute atomic E-state index is 0.0800. The first-order chi connectivity index (χ1) is 17.9. The molecule has 0 fully saturated rings. The third-order valence-corrected chi connectivity index (χ3v) is 7.15. The highest BCUT2D eigenvalue weighted by molar-refractivity contribution is 9.10. The van der Waals surface area contributed by atoms with E-state index in [9.17, 15) is 10.1 Å². The molecule has 0 saturated heterocycles. The number of aryl methyl sites for hydroxylation is 1. The van der Waals surface area contributed by atoms with Gasteiger partial charge in [-0.05, 0) is 76.2 Å². The van der Waals surface area contributed by atoms with Crippen molar-refractivity contribution in [2.45, 2.75) is 39.5 Å². The summed E-state index contributed by atoms with van der Waals surface area (Å²) < 4.78 is 17.8. The SMILES string of the molecule is CCc1nnc(NC(=O)C(C#N)=Cc2cc(Br)c(OCCOc3ccc(C(C)CC)cc3)c(OC)c2)s1. The summed E-state index contributed by atoms with van der Waals surface area (Å²) in [7, 11) is 1.52. The van der Waals surface area contributed by atoms with Gasteiger partial charge in [-0.1, -0.05) is 44.2 Å². The molecule has 0 spiro atoms. The van der Waals surface area contributed by atoms with Crippen LogP contribution in [0.15, 0.2) is 46.4 Å². The second-order valence-corrected chi connectivity index (χ2v) is 10.0. The van der Waals surface area contributed by atoms with Crippen molar-refractivity contribution in [3.05, 3.63) is 62.6 Å². The highest BCUT2D eigenvalue weighted by atomic mass is 79.9. The Morgan fingerprint density at radius 2 is 1.92 bits per heavy atom. The predicted octanol–water partition coefficient (Wildman–Crippen LogP) is 6.39. The number of ether oxygens (including phenoxy) is 3. The summed E-state index contributed by atoms with van der Waals surface area (Å²) in [6.07, 6.45) is 3.28. The molecule has 194 valence electrons. The molecule has 1 aromatic heterocycles. The number of carbonyl (C=O) groups is 1. The summed E-state index contributed by atoms with van der Waals surface area (Å²) in [5.74, 6) is 1.69. The van der Waals surface area contributed by atoms with Gasteiger partial charge in [0.25, 0.3) is 5.91 Å². The second-order valence-electron chi connectivity index (χ2n) is 8.09. The fourth-order valence-electron chi connectivity index (χ4n) is 3.32. The van der Waals surface area contributed by atoms with E-state index in [2.05, 4.69) is 57.4 Å². The first-order valence-electron chi connectivity index (χ1n) is 11.9. The van der Waals surface area contributed by atoms with Gasteiger partial charge in [0.1, 0.15) is 35.6 Å². The zero-order chi connectivity index (χ0) is 26.8. The Hall–Kier alpha value is -3.42. The Bertz CT molecular complexity index is 1280. The summed E-state index contributed by atoms with van der Waals surface area (Å²) in [6.45, 7) is 6.97. The minimum Gasteiger partial charge on any atom is -0.493 e. The maximum Gasteiger partial charge on any atom is 0.268 e. The van der Waals surface area contributed by atoms with Gasteiger partial charge in [0.2, 0.25) is 5.13 Å². The van der Waals surface area contributed by atoms with Gasteiger partial charge >= 0.3 is 0 Å². The van der Waals surface area contributed by atoms with Crippen LogP contribution in [0.25, 0.3) is 6.08 Å². The third-order valence-electron chi connectivity index (χ3n) is 5.58. The molecule has 8 nitrogen and oxygen atoms in total. The van der Waals surface area contributed by atoms with Crippen molar-refractivity contribution in [3.63, 3.8) is 0 Å². The van der Waals surface area contributed by atoms with E-state index in [1.807, 2.05) is 25.1 Å². The summed E-state index contributed by atoms with van der Waals surface area (Å²) in [5, 5.41) is 21.2. The first-order valence-corrected chi connectivity index (χ1v) is 13.5. The van der Waals surface area contributed by atoms with Crippen molar-refractivity contribution in [2.24, 2.45) is 0 Å². The number of hydrogen-bond acceptors (Lipinski definition) is 8. The number of nitriles is 1. The number of aromatic nitrogens is 2. The van der Waals surface area contributed by atoms with Crippen molar-refractivity contribution in [3.8, 4) is 23.3 Å². The van der Waals surface area contributed by atoms with Gasteiger partial charge in [0.05, 0.1) is 11.6 Å². The van der Waals surface area contributed by atoms with E-state index in [1.54, 1.807) is 12.1 Å². The number of carbonyl (C=O) groups excluding carboxylic acids is 1. The molecular weight excluding hydrogens is 556 g/mol. The van der Waals surface area contributed by atoms with E-state index < -0.39 is 5.91 Å². The predicted molar refractivity (Wildman–Crippen MR) is 148 cm³/mol.